The molecule has 2 saturated heterocycles. The summed E-state index contributed by atoms with van der Waals surface area (Å²) in [6, 6.07) is 6.04. The quantitative estimate of drug-likeness (QED) is 0.288. The van der Waals surface area contributed by atoms with Gasteiger partial charge in [0.15, 0.2) is 41.4 Å². The highest BCUT2D eigenvalue weighted by molar-refractivity contribution is 6.32. The van der Waals surface area contributed by atoms with E-state index in [1.165, 1.54) is 24.0 Å². The molecule has 0 spiro atoms. The first-order chi connectivity index (χ1) is 21.4. The van der Waals surface area contributed by atoms with E-state index in [0.717, 1.165) is 14.0 Å². The van der Waals surface area contributed by atoms with Gasteiger partial charge in [-0.15, -0.1) is 0 Å². The van der Waals surface area contributed by atoms with Gasteiger partial charge in [-0.2, -0.15) is 0 Å². The Labute approximate surface area is 256 Å². The van der Waals surface area contributed by atoms with Gasteiger partial charge in [-0.25, -0.2) is 9.59 Å². The normalized spacial score (nSPS) is 24.8. The molecule has 2 aromatic carbocycles. The number of ketones is 3. The van der Waals surface area contributed by atoms with E-state index in [1.54, 1.807) is 19.1 Å². The molecule has 2 aromatic rings. The average Bonchev–Trinajstić information content (AvgIpc) is 3.39. The highest BCUT2D eigenvalue weighted by Crippen LogP contribution is 2.46. The van der Waals surface area contributed by atoms with Crippen LogP contribution >= 0.6 is 0 Å². The number of rotatable bonds is 6. The lowest BCUT2D eigenvalue weighted by molar-refractivity contribution is -0.178. The van der Waals surface area contributed by atoms with Crippen molar-refractivity contribution in [2.24, 2.45) is 0 Å². The number of esters is 3. The van der Waals surface area contributed by atoms with Crippen LogP contribution in [0, 0.1) is 0 Å². The molecule has 2 heterocycles. The van der Waals surface area contributed by atoms with Crippen molar-refractivity contribution in [1.82, 2.24) is 4.90 Å². The maximum absolute atomic E-state index is 13.9. The minimum absolute atomic E-state index is 0.0366. The maximum atomic E-state index is 13.9. The van der Waals surface area contributed by atoms with Crippen LogP contribution in [0.3, 0.4) is 0 Å². The molecule has 0 N–H and O–H groups in total. The van der Waals surface area contributed by atoms with Gasteiger partial charge in [0.2, 0.25) is 0 Å². The van der Waals surface area contributed by atoms with Crippen LogP contribution in [0.15, 0.2) is 24.3 Å². The summed E-state index contributed by atoms with van der Waals surface area (Å²) >= 11 is 0. The Balaban J connectivity index is 1.48. The summed E-state index contributed by atoms with van der Waals surface area (Å²) in [4.78, 5) is 94.6. The van der Waals surface area contributed by atoms with Gasteiger partial charge in [0.1, 0.15) is 5.75 Å². The van der Waals surface area contributed by atoms with Crippen molar-refractivity contribution in [2.75, 3.05) is 20.2 Å². The van der Waals surface area contributed by atoms with E-state index >= 15 is 0 Å². The molecule has 0 saturated carbocycles. The number of carbonyl (C=O) groups is 7. The maximum Gasteiger partial charge on any atom is 0.339 e. The molecule has 0 radical (unpaired) electrons. The number of benzene rings is 2. The SMILES string of the molecule is CCN1C[C@@H]2O[C@@H](C(=O)O[C@]3(C(C)=O)CCc4c(c(OC(C)=O)c5c(c4C(=O)OC)C(=O)c4ccccc4C5=O)C3)[C@@H](O2)C1=O. The number of Topliss-reactive ketones (excluding diaryl/α,β-unsaturated/α-hetero) is 1. The number of hydrogen-bond donors (Lipinski definition) is 0. The third kappa shape index (κ3) is 4.65. The van der Waals surface area contributed by atoms with Gasteiger partial charge in [-0.1, -0.05) is 24.3 Å². The zero-order valence-electron chi connectivity index (χ0n) is 24.9. The standard InChI is InChI=1S/C32H29NO12/c1-5-33-13-20-43-27(29(33)38)28(44-20)31(40)45-32(14(2)34)11-10-16-19(12-32)26(42-15(3)35)23-22(21(16)30(39)41-4)24(36)17-8-6-7-9-18(17)25(23)37/h6-9,20,27-28H,5,10-13H2,1-4H3/t20-,27+,28+,32+/m0/s1. The average molecular weight is 620 g/mol. The van der Waals surface area contributed by atoms with Crippen molar-refractivity contribution < 1.29 is 57.2 Å². The lowest BCUT2D eigenvalue weighted by Gasteiger charge is -2.38. The van der Waals surface area contributed by atoms with Crippen molar-refractivity contribution in [2.45, 2.75) is 64.1 Å². The number of hydrogen-bond acceptors (Lipinski definition) is 12. The van der Waals surface area contributed by atoms with Crippen molar-refractivity contribution in [1.29, 1.82) is 0 Å². The fraction of sp³-hybridized carbons (Fsp3) is 0.406. The Kier molecular flexibility index (Phi) is 7.40. The van der Waals surface area contributed by atoms with Gasteiger partial charge in [0, 0.05) is 36.6 Å². The van der Waals surface area contributed by atoms with Crippen LogP contribution in [0.1, 0.15) is 80.5 Å². The first-order valence-corrected chi connectivity index (χ1v) is 14.4. The second-order valence-electron chi connectivity index (χ2n) is 11.3. The fourth-order valence-corrected chi connectivity index (χ4v) is 6.57. The van der Waals surface area contributed by atoms with Gasteiger partial charge >= 0.3 is 17.9 Å². The summed E-state index contributed by atoms with van der Waals surface area (Å²) in [6.45, 7) is 4.60. The smallest absolute Gasteiger partial charge is 0.339 e. The number of fused-ring (bicyclic) bond motifs is 5. The number of likely N-dealkylation sites (N-methyl/N-ethyl adjacent to an activating group) is 1. The number of nitrogens with zero attached hydrogens (tertiary/aromatic N) is 1. The molecule has 2 bridgehead atoms. The van der Waals surface area contributed by atoms with Crippen LogP contribution in [0.25, 0.3) is 0 Å². The predicted octanol–water partition coefficient (Wildman–Crippen LogP) is 1.51. The van der Waals surface area contributed by atoms with E-state index in [4.69, 9.17) is 23.7 Å². The van der Waals surface area contributed by atoms with Crippen molar-refractivity contribution in [3.8, 4) is 5.75 Å². The second kappa shape index (κ2) is 11.0. The van der Waals surface area contributed by atoms with E-state index in [-0.39, 0.29) is 64.1 Å². The summed E-state index contributed by atoms with van der Waals surface area (Å²) < 4.78 is 27.7. The van der Waals surface area contributed by atoms with Crippen LogP contribution in [-0.2, 0) is 51.0 Å². The monoisotopic (exact) mass is 619 g/mol. The molecular weight excluding hydrogens is 590 g/mol. The minimum Gasteiger partial charge on any atom is -0.465 e. The zero-order valence-corrected chi connectivity index (χ0v) is 24.9. The van der Waals surface area contributed by atoms with Crippen LogP contribution < -0.4 is 4.74 Å². The first-order valence-electron chi connectivity index (χ1n) is 14.4. The summed E-state index contributed by atoms with van der Waals surface area (Å²) in [5.74, 6) is -5.40. The van der Waals surface area contributed by atoms with Gasteiger partial charge in [-0.05, 0) is 32.3 Å². The summed E-state index contributed by atoms with van der Waals surface area (Å²) in [5.41, 5.74) is -2.27. The Morgan fingerprint density at radius 3 is 2.24 bits per heavy atom. The highest BCUT2D eigenvalue weighted by atomic mass is 16.7. The molecule has 4 aliphatic rings. The van der Waals surface area contributed by atoms with Gasteiger partial charge in [0.05, 0.1) is 30.3 Å². The molecule has 2 aliphatic carbocycles. The topological polar surface area (TPSA) is 169 Å². The minimum atomic E-state index is -1.87. The molecule has 0 aromatic heterocycles. The van der Waals surface area contributed by atoms with E-state index < -0.39 is 71.7 Å². The van der Waals surface area contributed by atoms with Crippen LogP contribution in [0.5, 0.6) is 5.75 Å². The molecule has 234 valence electrons. The largest absolute Gasteiger partial charge is 0.465 e. The van der Waals surface area contributed by atoms with Gasteiger partial charge < -0.3 is 28.6 Å². The second-order valence-corrected chi connectivity index (χ2v) is 11.3. The van der Waals surface area contributed by atoms with Crippen molar-refractivity contribution in [3.05, 3.63) is 63.2 Å². The summed E-state index contributed by atoms with van der Waals surface area (Å²) in [6.07, 6.45) is -4.19. The van der Waals surface area contributed by atoms with E-state index in [9.17, 15) is 33.6 Å². The van der Waals surface area contributed by atoms with Crippen LogP contribution in [0.2, 0.25) is 0 Å². The summed E-state index contributed by atoms with van der Waals surface area (Å²) in [7, 11) is 1.12. The molecule has 6 rings (SSSR count). The molecule has 2 fully saturated rings. The first kappa shape index (κ1) is 30.3. The lowest BCUT2D eigenvalue weighted by atomic mass is 9.71. The predicted molar refractivity (Wildman–Crippen MR) is 150 cm³/mol. The molecule has 13 heteroatoms. The molecule has 0 unspecified atom stereocenters. The van der Waals surface area contributed by atoms with Gasteiger partial charge in [0.25, 0.3) is 5.91 Å². The Hall–Kier alpha value is -4.75. The molecule has 4 atom stereocenters. The van der Waals surface area contributed by atoms with Crippen molar-refractivity contribution in [3.63, 3.8) is 0 Å². The van der Waals surface area contributed by atoms with E-state index in [0.29, 0.717) is 6.54 Å². The Morgan fingerprint density at radius 1 is 0.978 bits per heavy atom. The highest BCUT2D eigenvalue weighted by Gasteiger charge is 2.55. The third-order valence-electron chi connectivity index (χ3n) is 8.76. The molecule has 1 amide bonds. The fourth-order valence-electron chi connectivity index (χ4n) is 6.57. The number of ether oxygens (including phenoxy) is 5. The molecule has 45 heavy (non-hydrogen) atoms. The van der Waals surface area contributed by atoms with Crippen molar-refractivity contribution >= 4 is 41.2 Å². The molecule has 13 nitrogen and oxygen atoms in total. The Morgan fingerprint density at radius 2 is 1.64 bits per heavy atom. The lowest BCUT2D eigenvalue weighted by Crippen LogP contribution is -2.53. The van der Waals surface area contributed by atoms with Crippen LogP contribution in [-0.4, -0.2) is 90.4 Å². The number of amides is 1. The zero-order chi connectivity index (χ0) is 32.4. The summed E-state index contributed by atoms with van der Waals surface area (Å²) in [5, 5.41) is 0. The van der Waals surface area contributed by atoms with E-state index in [1.807, 2.05) is 0 Å². The molecular formula is C32H29NO12. The number of methoxy groups -OCH3 is 1. The Bertz CT molecular complexity index is 1730. The third-order valence-corrected chi connectivity index (χ3v) is 8.76. The molecule has 2 aliphatic heterocycles. The number of morpholine rings is 1. The van der Waals surface area contributed by atoms with E-state index in [2.05, 4.69) is 0 Å². The number of carbonyl (C=O) groups excluding carboxylic acids is 7. The van der Waals surface area contributed by atoms with Gasteiger partial charge in [-0.3, -0.25) is 24.0 Å². The van der Waals surface area contributed by atoms with Crippen LogP contribution in [0.4, 0.5) is 0 Å².